The minimum absolute atomic E-state index is 0.115. The van der Waals surface area contributed by atoms with Gasteiger partial charge in [0.1, 0.15) is 18.8 Å². The zero-order chi connectivity index (χ0) is 21.5. The van der Waals surface area contributed by atoms with E-state index < -0.39 is 0 Å². The zero-order valence-corrected chi connectivity index (χ0v) is 17.3. The van der Waals surface area contributed by atoms with Crippen LogP contribution in [0.3, 0.4) is 0 Å². The van der Waals surface area contributed by atoms with Crippen molar-refractivity contribution in [3.8, 4) is 27.7 Å². The number of hydrogen-bond acceptors (Lipinski definition) is 7. The number of amides is 1. The molecule has 3 heterocycles. The van der Waals surface area contributed by atoms with Gasteiger partial charge in [0.05, 0.1) is 23.4 Å². The Hall–Kier alpha value is -3.85. The molecule has 31 heavy (non-hydrogen) atoms. The minimum atomic E-state index is -0.306. The molecule has 0 radical (unpaired) electrons. The summed E-state index contributed by atoms with van der Waals surface area (Å²) >= 11 is 1.59. The van der Waals surface area contributed by atoms with Gasteiger partial charge in [-0.3, -0.25) is 14.2 Å². The molecule has 0 atom stereocenters. The molecule has 0 aliphatic carbocycles. The number of carbonyl (C=O) groups is 1. The number of benzene rings is 1. The van der Waals surface area contributed by atoms with Crippen LogP contribution in [0.15, 0.2) is 77.2 Å². The van der Waals surface area contributed by atoms with Gasteiger partial charge in [-0.15, -0.1) is 21.5 Å². The molecule has 0 aliphatic rings. The second kappa shape index (κ2) is 9.77. The first-order chi connectivity index (χ1) is 15.2. The molecule has 9 heteroatoms. The maximum Gasteiger partial charge on any atom is 0.254 e. The maximum absolute atomic E-state index is 12.3. The van der Waals surface area contributed by atoms with Gasteiger partial charge in [-0.1, -0.05) is 36.4 Å². The van der Waals surface area contributed by atoms with Gasteiger partial charge in [-0.25, -0.2) is 4.98 Å². The number of aromatic nitrogens is 4. The minimum Gasteiger partial charge on any atom is -0.475 e. The normalized spacial score (nSPS) is 10.6. The van der Waals surface area contributed by atoms with Gasteiger partial charge in [-0.05, 0) is 17.5 Å². The summed E-state index contributed by atoms with van der Waals surface area (Å²) in [6.45, 7) is 0.395. The second-order valence-electron chi connectivity index (χ2n) is 6.54. The number of nitrogens with one attached hydrogen (secondary N) is 1. The summed E-state index contributed by atoms with van der Waals surface area (Å²) in [5.74, 6) is 0.0746. The van der Waals surface area contributed by atoms with Gasteiger partial charge in [-0.2, -0.15) is 0 Å². The van der Waals surface area contributed by atoms with E-state index in [-0.39, 0.29) is 31.2 Å². The van der Waals surface area contributed by atoms with Crippen molar-refractivity contribution in [1.29, 1.82) is 0 Å². The third-order valence-electron chi connectivity index (χ3n) is 4.35. The Bertz CT molecular complexity index is 1190. The van der Waals surface area contributed by atoms with Crippen molar-refractivity contribution in [3.05, 3.63) is 82.7 Å². The second-order valence-corrected chi connectivity index (χ2v) is 7.49. The lowest BCUT2D eigenvalue weighted by Crippen LogP contribution is -2.34. The predicted octanol–water partition coefficient (Wildman–Crippen LogP) is 2.62. The van der Waals surface area contributed by atoms with E-state index in [2.05, 4.69) is 20.5 Å². The van der Waals surface area contributed by atoms with Crippen LogP contribution in [-0.2, 0) is 11.3 Å². The summed E-state index contributed by atoms with van der Waals surface area (Å²) in [7, 11) is 0. The molecule has 0 saturated carbocycles. The smallest absolute Gasteiger partial charge is 0.254 e. The number of ether oxygens (including phenoxy) is 1. The van der Waals surface area contributed by atoms with Crippen LogP contribution in [0.2, 0.25) is 0 Å². The lowest BCUT2D eigenvalue weighted by atomic mass is 10.1. The van der Waals surface area contributed by atoms with Crippen LogP contribution in [0.25, 0.3) is 21.8 Å². The predicted molar refractivity (Wildman–Crippen MR) is 118 cm³/mol. The lowest BCUT2D eigenvalue weighted by molar-refractivity contribution is -0.121. The van der Waals surface area contributed by atoms with Crippen molar-refractivity contribution in [2.24, 2.45) is 0 Å². The Balaban J connectivity index is 1.24. The summed E-state index contributed by atoms with van der Waals surface area (Å²) in [6.07, 6.45) is 1.38. The average Bonchev–Trinajstić information content (AvgIpc) is 3.34. The number of nitrogens with zero attached hydrogens (tertiary/aromatic N) is 4. The summed E-state index contributed by atoms with van der Waals surface area (Å²) in [5, 5.41) is 12.9. The Labute approximate surface area is 182 Å². The fourth-order valence-electron chi connectivity index (χ4n) is 2.82. The van der Waals surface area contributed by atoms with Crippen LogP contribution in [0, 0.1) is 0 Å². The standard InChI is InChI=1S/C22H19N5O3S/c28-20(14-27-15-24-18(13-22(27)29)16-5-2-1-3-6-16)23-10-11-30-21-9-8-17(25-26-21)19-7-4-12-31-19/h1-9,12-13,15H,10-11,14H2,(H,23,28). The van der Waals surface area contributed by atoms with Crippen molar-refractivity contribution < 1.29 is 9.53 Å². The molecule has 8 nitrogen and oxygen atoms in total. The molecule has 0 spiro atoms. The molecule has 156 valence electrons. The van der Waals surface area contributed by atoms with Gasteiger partial charge in [0.2, 0.25) is 11.8 Å². The van der Waals surface area contributed by atoms with Crippen LogP contribution in [0.1, 0.15) is 0 Å². The summed E-state index contributed by atoms with van der Waals surface area (Å²) in [6, 6.07) is 18.3. The van der Waals surface area contributed by atoms with E-state index in [1.807, 2.05) is 53.9 Å². The molecule has 0 bridgehead atoms. The van der Waals surface area contributed by atoms with Crippen LogP contribution in [0.5, 0.6) is 5.88 Å². The molecule has 4 aromatic rings. The van der Waals surface area contributed by atoms with E-state index in [0.29, 0.717) is 11.6 Å². The fourth-order valence-corrected chi connectivity index (χ4v) is 3.51. The first-order valence-corrected chi connectivity index (χ1v) is 10.5. The van der Waals surface area contributed by atoms with Gasteiger partial charge >= 0.3 is 0 Å². The lowest BCUT2D eigenvalue weighted by Gasteiger charge is -2.09. The molecule has 4 rings (SSSR count). The molecule has 1 N–H and O–H groups in total. The first-order valence-electron chi connectivity index (χ1n) is 9.58. The van der Waals surface area contributed by atoms with E-state index in [1.165, 1.54) is 17.0 Å². The van der Waals surface area contributed by atoms with Gasteiger partial charge in [0.15, 0.2) is 0 Å². The Morgan fingerprint density at radius 1 is 1.03 bits per heavy atom. The van der Waals surface area contributed by atoms with E-state index in [4.69, 9.17) is 4.74 Å². The van der Waals surface area contributed by atoms with E-state index in [0.717, 1.165) is 16.1 Å². The van der Waals surface area contributed by atoms with Gasteiger partial charge in [0, 0.05) is 17.7 Å². The number of rotatable bonds is 8. The SMILES string of the molecule is O=C(Cn1cnc(-c2ccccc2)cc1=O)NCCOc1ccc(-c2cccs2)nn1. The molecule has 0 aliphatic heterocycles. The highest BCUT2D eigenvalue weighted by molar-refractivity contribution is 7.13. The Kier molecular flexibility index (Phi) is 6.44. The zero-order valence-electron chi connectivity index (χ0n) is 16.5. The van der Waals surface area contributed by atoms with E-state index in [1.54, 1.807) is 17.4 Å². The highest BCUT2D eigenvalue weighted by Gasteiger charge is 2.07. The van der Waals surface area contributed by atoms with E-state index >= 15 is 0 Å². The topological polar surface area (TPSA) is 99.0 Å². The number of carbonyl (C=O) groups excluding carboxylic acids is 1. The van der Waals surface area contributed by atoms with Crippen LogP contribution >= 0.6 is 11.3 Å². The largest absolute Gasteiger partial charge is 0.475 e. The third-order valence-corrected chi connectivity index (χ3v) is 5.24. The third kappa shape index (κ3) is 5.40. The summed E-state index contributed by atoms with van der Waals surface area (Å²) in [4.78, 5) is 29.7. The van der Waals surface area contributed by atoms with Crippen molar-refractivity contribution in [1.82, 2.24) is 25.1 Å². The highest BCUT2D eigenvalue weighted by Crippen LogP contribution is 2.22. The van der Waals surface area contributed by atoms with Gasteiger partial charge in [0.25, 0.3) is 5.56 Å². The molecule has 0 unspecified atom stereocenters. The van der Waals surface area contributed by atoms with Gasteiger partial charge < -0.3 is 10.1 Å². The van der Waals surface area contributed by atoms with Crippen LogP contribution < -0.4 is 15.6 Å². The van der Waals surface area contributed by atoms with Crippen molar-refractivity contribution >= 4 is 17.2 Å². The van der Waals surface area contributed by atoms with Crippen LogP contribution in [-0.4, -0.2) is 38.8 Å². The number of thiophene rings is 1. The van der Waals surface area contributed by atoms with Crippen molar-refractivity contribution in [2.45, 2.75) is 6.54 Å². The molecule has 3 aromatic heterocycles. The molecule has 1 amide bonds. The summed E-state index contributed by atoms with van der Waals surface area (Å²) < 4.78 is 6.76. The maximum atomic E-state index is 12.3. The monoisotopic (exact) mass is 433 g/mol. The Morgan fingerprint density at radius 2 is 1.90 bits per heavy atom. The highest BCUT2D eigenvalue weighted by atomic mass is 32.1. The quantitative estimate of drug-likeness (QED) is 0.429. The molecule has 1 aromatic carbocycles. The summed E-state index contributed by atoms with van der Waals surface area (Å²) in [5.41, 5.74) is 1.91. The van der Waals surface area contributed by atoms with Crippen molar-refractivity contribution in [2.75, 3.05) is 13.2 Å². The average molecular weight is 433 g/mol. The molecular weight excluding hydrogens is 414 g/mol. The molecule has 0 fully saturated rings. The van der Waals surface area contributed by atoms with Crippen LogP contribution in [0.4, 0.5) is 0 Å². The van der Waals surface area contributed by atoms with E-state index in [9.17, 15) is 9.59 Å². The molecular formula is C22H19N5O3S. The number of hydrogen-bond donors (Lipinski definition) is 1. The Morgan fingerprint density at radius 3 is 2.61 bits per heavy atom. The molecule has 0 saturated heterocycles. The fraction of sp³-hybridized carbons (Fsp3) is 0.136. The van der Waals surface area contributed by atoms with Crippen molar-refractivity contribution in [3.63, 3.8) is 0 Å². The first kappa shape index (κ1) is 20.4.